The summed E-state index contributed by atoms with van der Waals surface area (Å²) in [5.41, 5.74) is 0. The standard InChI is InChI=1S/C15H24N8O2S.HI/c1-3-11-19-15(26-20-11)22-8-6-21(7-9-22)13(16-2)17-4-5-23-12(24)10-18-14(23)25;/h3-10H2,1-2H3,(H,16,17)(H,18,25);1H. The summed E-state index contributed by atoms with van der Waals surface area (Å²) in [5, 5.41) is 6.72. The Morgan fingerprint density at radius 3 is 2.59 bits per heavy atom. The molecule has 0 unspecified atom stereocenters. The van der Waals surface area contributed by atoms with Gasteiger partial charge >= 0.3 is 6.03 Å². The first kappa shape index (κ1) is 21.6. The first-order valence-electron chi connectivity index (χ1n) is 8.73. The van der Waals surface area contributed by atoms with E-state index in [1.807, 2.05) is 0 Å². The number of guanidine groups is 1. The molecule has 0 bridgehead atoms. The maximum Gasteiger partial charge on any atom is 0.324 e. The maximum atomic E-state index is 11.6. The molecule has 10 nitrogen and oxygen atoms in total. The summed E-state index contributed by atoms with van der Waals surface area (Å²) in [6.45, 7) is 6.29. The quantitative estimate of drug-likeness (QED) is 0.249. The second-order valence-corrected chi connectivity index (χ2v) is 6.73. The largest absolute Gasteiger partial charge is 0.354 e. The molecule has 3 heterocycles. The summed E-state index contributed by atoms with van der Waals surface area (Å²) in [4.78, 5) is 37.6. The van der Waals surface area contributed by atoms with Crippen molar-refractivity contribution >= 4 is 58.5 Å². The van der Waals surface area contributed by atoms with Gasteiger partial charge in [-0.3, -0.25) is 14.7 Å². The Morgan fingerprint density at radius 2 is 2.04 bits per heavy atom. The van der Waals surface area contributed by atoms with Gasteiger partial charge in [-0.25, -0.2) is 9.78 Å². The fourth-order valence-electron chi connectivity index (χ4n) is 2.92. The highest BCUT2D eigenvalue weighted by atomic mass is 127. The van der Waals surface area contributed by atoms with E-state index in [1.54, 1.807) is 7.05 Å². The number of nitrogens with zero attached hydrogens (tertiary/aromatic N) is 6. The predicted molar refractivity (Wildman–Crippen MR) is 115 cm³/mol. The lowest BCUT2D eigenvalue weighted by atomic mass is 10.3. The average Bonchev–Trinajstić information content (AvgIpc) is 3.27. The van der Waals surface area contributed by atoms with Gasteiger partial charge in [-0.2, -0.15) is 4.37 Å². The number of rotatable bonds is 5. The molecule has 0 spiro atoms. The van der Waals surface area contributed by atoms with E-state index in [4.69, 9.17) is 0 Å². The molecule has 0 aliphatic carbocycles. The van der Waals surface area contributed by atoms with E-state index < -0.39 is 0 Å². The number of carbonyl (C=O) groups excluding carboxylic acids is 2. The monoisotopic (exact) mass is 508 g/mol. The van der Waals surface area contributed by atoms with Crippen LogP contribution in [0.5, 0.6) is 0 Å². The molecule has 0 radical (unpaired) electrons. The van der Waals surface area contributed by atoms with Crippen molar-refractivity contribution in [2.75, 3.05) is 57.8 Å². The van der Waals surface area contributed by atoms with Crippen molar-refractivity contribution in [3.8, 4) is 0 Å². The van der Waals surface area contributed by atoms with Gasteiger partial charge in [0.1, 0.15) is 5.82 Å². The minimum absolute atomic E-state index is 0. The number of aliphatic imine (C=N–C) groups is 1. The number of hydrogen-bond donors (Lipinski definition) is 2. The number of piperazine rings is 1. The van der Waals surface area contributed by atoms with Crippen LogP contribution in [0.1, 0.15) is 12.7 Å². The zero-order chi connectivity index (χ0) is 18.5. The number of halogens is 1. The van der Waals surface area contributed by atoms with Gasteiger partial charge in [-0.15, -0.1) is 24.0 Å². The third-order valence-electron chi connectivity index (χ3n) is 4.39. The number of hydrogen-bond acceptors (Lipinski definition) is 7. The second kappa shape index (κ2) is 10.0. The minimum Gasteiger partial charge on any atom is -0.354 e. The average molecular weight is 508 g/mol. The number of carbonyl (C=O) groups is 2. The van der Waals surface area contributed by atoms with Crippen LogP contribution in [0.25, 0.3) is 0 Å². The van der Waals surface area contributed by atoms with Crippen molar-refractivity contribution in [2.24, 2.45) is 4.99 Å². The van der Waals surface area contributed by atoms with Crippen molar-refractivity contribution in [3.05, 3.63) is 5.82 Å². The number of amides is 3. The van der Waals surface area contributed by atoms with Gasteiger partial charge in [-0.1, -0.05) is 6.92 Å². The summed E-state index contributed by atoms with van der Waals surface area (Å²) in [7, 11) is 1.74. The van der Waals surface area contributed by atoms with E-state index in [1.165, 1.54) is 16.4 Å². The molecule has 0 atom stereocenters. The van der Waals surface area contributed by atoms with Crippen molar-refractivity contribution in [3.63, 3.8) is 0 Å². The van der Waals surface area contributed by atoms with Crippen molar-refractivity contribution in [2.45, 2.75) is 13.3 Å². The molecule has 2 saturated heterocycles. The van der Waals surface area contributed by atoms with Gasteiger partial charge < -0.3 is 20.4 Å². The molecule has 0 aromatic carbocycles. The zero-order valence-corrected chi connectivity index (χ0v) is 18.6. The molecule has 2 N–H and O–H groups in total. The molecule has 1 aromatic heterocycles. The summed E-state index contributed by atoms with van der Waals surface area (Å²) < 4.78 is 4.35. The fraction of sp³-hybridized carbons (Fsp3) is 0.667. The number of anilines is 1. The molecular weight excluding hydrogens is 483 g/mol. The molecule has 27 heavy (non-hydrogen) atoms. The van der Waals surface area contributed by atoms with Gasteiger partial charge in [0.05, 0.1) is 6.54 Å². The number of nitrogens with one attached hydrogen (secondary N) is 2. The van der Waals surface area contributed by atoms with Crippen LogP contribution in [0.15, 0.2) is 4.99 Å². The first-order chi connectivity index (χ1) is 12.6. The highest BCUT2D eigenvalue weighted by Gasteiger charge is 2.28. The van der Waals surface area contributed by atoms with E-state index in [-0.39, 0.29) is 42.5 Å². The number of aryl methyl sites for hydroxylation is 1. The van der Waals surface area contributed by atoms with Crippen LogP contribution >= 0.6 is 35.5 Å². The number of aromatic nitrogens is 2. The molecule has 0 saturated carbocycles. The molecular formula is C15H25IN8O2S. The topological polar surface area (TPSA) is 106 Å². The highest BCUT2D eigenvalue weighted by Crippen LogP contribution is 2.19. The summed E-state index contributed by atoms with van der Waals surface area (Å²) in [6.07, 6.45) is 0.852. The third-order valence-corrected chi connectivity index (χ3v) is 5.21. The zero-order valence-electron chi connectivity index (χ0n) is 15.5. The van der Waals surface area contributed by atoms with Crippen LogP contribution in [0.2, 0.25) is 0 Å². The Kier molecular flexibility index (Phi) is 8.01. The van der Waals surface area contributed by atoms with Crippen LogP contribution in [0.4, 0.5) is 9.93 Å². The van der Waals surface area contributed by atoms with Gasteiger partial charge in [0.2, 0.25) is 11.0 Å². The molecule has 1 aromatic rings. The highest BCUT2D eigenvalue weighted by molar-refractivity contribution is 14.0. The molecule has 12 heteroatoms. The molecule has 3 amide bonds. The lowest BCUT2D eigenvalue weighted by Gasteiger charge is -2.36. The fourth-order valence-corrected chi connectivity index (χ4v) is 3.72. The van der Waals surface area contributed by atoms with E-state index in [0.29, 0.717) is 13.1 Å². The van der Waals surface area contributed by atoms with Crippen LogP contribution in [0.3, 0.4) is 0 Å². The van der Waals surface area contributed by atoms with Gasteiger partial charge in [0, 0.05) is 64.3 Å². The van der Waals surface area contributed by atoms with Crippen molar-refractivity contribution < 1.29 is 9.59 Å². The van der Waals surface area contributed by atoms with Gasteiger partial charge in [0.25, 0.3) is 0 Å². The normalized spacial score (nSPS) is 17.9. The van der Waals surface area contributed by atoms with Crippen LogP contribution in [-0.4, -0.2) is 89.9 Å². The second-order valence-electron chi connectivity index (χ2n) is 6.00. The lowest BCUT2D eigenvalue weighted by Crippen LogP contribution is -2.53. The Morgan fingerprint density at radius 1 is 1.30 bits per heavy atom. The van der Waals surface area contributed by atoms with Crippen molar-refractivity contribution in [1.29, 1.82) is 0 Å². The molecule has 2 aliphatic rings. The first-order valence-corrected chi connectivity index (χ1v) is 9.51. The predicted octanol–water partition coefficient (Wildman–Crippen LogP) is -0.0323. The smallest absolute Gasteiger partial charge is 0.324 e. The van der Waals surface area contributed by atoms with E-state index in [9.17, 15) is 9.59 Å². The van der Waals surface area contributed by atoms with Crippen LogP contribution in [0, 0.1) is 0 Å². The molecule has 150 valence electrons. The summed E-state index contributed by atoms with van der Waals surface area (Å²) in [6, 6.07) is -0.330. The lowest BCUT2D eigenvalue weighted by molar-refractivity contribution is -0.124. The van der Waals surface area contributed by atoms with Gasteiger partial charge in [0.15, 0.2) is 5.96 Å². The Hall–Kier alpha value is -1.70. The summed E-state index contributed by atoms with van der Waals surface area (Å²) in [5.74, 6) is 1.48. The molecule has 2 aliphatic heterocycles. The van der Waals surface area contributed by atoms with Crippen molar-refractivity contribution in [1.82, 2.24) is 29.8 Å². The maximum absolute atomic E-state index is 11.6. The molecule has 3 rings (SSSR count). The molecule has 2 fully saturated rings. The van der Waals surface area contributed by atoms with E-state index >= 15 is 0 Å². The summed E-state index contributed by atoms with van der Waals surface area (Å²) >= 11 is 1.45. The van der Waals surface area contributed by atoms with E-state index in [2.05, 4.69) is 41.7 Å². The third kappa shape index (κ3) is 5.18. The van der Waals surface area contributed by atoms with Crippen LogP contribution < -0.4 is 15.5 Å². The Labute approximate surface area is 179 Å². The van der Waals surface area contributed by atoms with Gasteiger partial charge in [-0.05, 0) is 0 Å². The van der Waals surface area contributed by atoms with E-state index in [0.717, 1.165) is 49.5 Å². The SMILES string of the molecule is CCc1nsc(N2CCN(C(=NC)NCCN3C(=O)CNC3=O)CC2)n1.I. The van der Waals surface area contributed by atoms with Crippen LogP contribution in [-0.2, 0) is 11.2 Å². The Bertz CT molecular complexity index is 673. The number of urea groups is 1. The minimum atomic E-state index is -0.330. The Balaban J connectivity index is 0.00000261. The number of imide groups is 1.